The van der Waals surface area contributed by atoms with Crippen molar-refractivity contribution in [1.82, 2.24) is 14.9 Å². The van der Waals surface area contributed by atoms with Gasteiger partial charge in [-0.05, 0) is 24.3 Å². The summed E-state index contributed by atoms with van der Waals surface area (Å²) in [4.78, 5) is 36.3. The number of nitrogens with zero attached hydrogens (tertiary/aromatic N) is 5. The zero-order valence-corrected chi connectivity index (χ0v) is 13.4. The van der Waals surface area contributed by atoms with Crippen LogP contribution < -0.4 is 10.2 Å². The minimum atomic E-state index is -0.709. The van der Waals surface area contributed by atoms with E-state index >= 15 is 0 Å². The second-order valence-electron chi connectivity index (χ2n) is 5.47. The average Bonchev–Trinajstić information content (AvgIpc) is 2.68. The van der Waals surface area contributed by atoms with E-state index in [2.05, 4.69) is 15.3 Å². The van der Waals surface area contributed by atoms with Crippen LogP contribution in [0.25, 0.3) is 0 Å². The molecule has 126 valence electrons. The monoisotopic (exact) mass is 336 g/mol. The summed E-state index contributed by atoms with van der Waals surface area (Å²) in [5, 5.41) is 11.4. The van der Waals surface area contributed by atoms with Crippen molar-refractivity contribution in [3.63, 3.8) is 0 Å². The van der Waals surface area contributed by atoms with Crippen LogP contribution in [-0.4, -0.2) is 52.9 Å². The molecule has 1 aliphatic rings. The first-order valence-electron chi connectivity index (χ1n) is 7.80. The van der Waals surface area contributed by atoms with Crippen molar-refractivity contribution < 1.29 is 9.59 Å². The van der Waals surface area contributed by atoms with Gasteiger partial charge in [-0.15, -0.1) is 0 Å². The summed E-state index contributed by atoms with van der Waals surface area (Å²) < 4.78 is 0. The number of amides is 2. The fourth-order valence-electron chi connectivity index (χ4n) is 2.56. The predicted octanol–water partition coefficient (Wildman–Crippen LogP) is 0.636. The Hall–Kier alpha value is -3.47. The first-order valence-corrected chi connectivity index (χ1v) is 7.80. The van der Waals surface area contributed by atoms with E-state index in [0.717, 1.165) is 0 Å². The summed E-state index contributed by atoms with van der Waals surface area (Å²) in [6, 6.07) is 10.2. The molecular weight excluding hydrogens is 320 g/mol. The van der Waals surface area contributed by atoms with Gasteiger partial charge in [0.05, 0.1) is 11.6 Å². The number of hydrogen-bond acceptors (Lipinski definition) is 6. The van der Waals surface area contributed by atoms with Gasteiger partial charge < -0.3 is 15.1 Å². The molecule has 0 unspecified atom stereocenters. The molecule has 1 aliphatic heterocycles. The lowest BCUT2D eigenvalue weighted by Gasteiger charge is -2.34. The van der Waals surface area contributed by atoms with Gasteiger partial charge in [-0.3, -0.25) is 9.59 Å². The number of rotatable bonds is 2. The molecule has 1 aromatic heterocycles. The number of hydrogen-bond donors (Lipinski definition) is 1. The molecule has 0 radical (unpaired) electrons. The van der Waals surface area contributed by atoms with E-state index in [1.165, 1.54) is 11.0 Å². The van der Waals surface area contributed by atoms with Gasteiger partial charge in [-0.2, -0.15) is 5.26 Å². The lowest BCUT2D eigenvalue weighted by Crippen LogP contribution is -2.52. The van der Waals surface area contributed by atoms with Gasteiger partial charge in [0.1, 0.15) is 0 Å². The Morgan fingerprint density at radius 3 is 2.48 bits per heavy atom. The number of carbonyl (C=O) groups is 2. The number of anilines is 2. The van der Waals surface area contributed by atoms with E-state index in [9.17, 15) is 9.59 Å². The van der Waals surface area contributed by atoms with Crippen molar-refractivity contribution in [1.29, 1.82) is 5.26 Å². The lowest BCUT2D eigenvalue weighted by molar-refractivity contribution is -0.143. The Morgan fingerprint density at radius 2 is 1.80 bits per heavy atom. The summed E-state index contributed by atoms with van der Waals surface area (Å²) in [6.07, 6.45) is 3.34. The summed E-state index contributed by atoms with van der Waals surface area (Å²) in [5.41, 5.74) is 0.843. The van der Waals surface area contributed by atoms with Gasteiger partial charge >= 0.3 is 11.8 Å². The molecule has 2 aromatic rings. The summed E-state index contributed by atoms with van der Waals surface area (Å²) in [7, 11) is 0. The van der Waals surface area contributed by atoms with Gasteiger partial charge in [0.25, 0.3) is 0 Å². The Morgan fingerprint density at radius 1 is 1.08 bits per heavy atom. The number of nitriles is 1. The summed E-state index contributed by atoms with van der Waals surface area (Å²) in [6.45, 7) is 1.96. The van der Waals surface area contributed by atoms with Crippen LogP contribution >= 0.6 is 0 Å². The highest BCUT2D eigenvalue weighted by molar-refractivity contribution is 6.39. The molecule has 2 heterocycles. The molecule has 8 heteroatoms. The average molecular weight is 336 g/mol. The second-order valence-corrected chi connectivity index (χ2v) is 5.47. The second kappa shape index (κ2) is 7.40. The standard InChI is InChI=1S/C17H16N6O2/c18-12-13-3-1-4-14(11-13)21-15(24)16(25)22-7-9-23(10-8-22)17-19-5-2-6-20-17/h1-6,11H,7-10H2,(H,21,24). The maximum atomic E-state index is 12.3. The third kappa shape index (κ3) is 3.90. The first-order chi connectivity index (χ1) is 12.2. The van der Waals surface area contributed by atoms with E-state index < -0.39 is 11.8 Å². The van der Waals surface area contributed by atoms with Crippen molar-refractivity contribution in [2.45, 2.75) is 0 Å². The first kappa shape index (κ1) is 16.4. The van der Waals surface area contributed by atoms with Crippen molar-refractivity contribution in [2.24, 2.45) is 0 Å². The number of piperazine rings is 1. The summed E-state index contributed by atoms with van der Waals surface area (Å²) >= 11 is 0. The number of carbonyl (C=O) groups excluding carboxylic acids is 2. The third-order valence-corrected chi connectivity index (χ3v) is 3.85. The van der Waals surface area contributed by atoms with E-state index in [4.69, 9.17) is 5.26 Å². The Balaban J connectivity index is 1.57. The van der Waals surface area contributed by atoms with Crippen LogP contribution in [-0.2, 0) is 9.59 Å². The van der Waals surface area contributed by atoms with Gasteiger partial charge in [0, 0.05) is 44.3 Å². The van der Waals surface area contributed by atoms with E-state index in [1.807, 2.05) is 11.0 Å². The van der Waals surface area contributed by atoms with Crippen LogP contribution in [0.5, 0.6) is 0 Å². The Kier molecular flexibility index (Phi) is 4.85. The molecule has 1 saturated heterocycles. The van der Waals surface area contributed by atoms with Crippen LogP contribution in [0.15, 0.2) is 42.7 Å². The Bertz CT molecular complexity index is 809. The van der Waals surface area contributed by atoms with Crippen molar-refractivity contribution in [2.75, 3.05) is 36.4 Å². The molecule has 0 bridgehead atoms. The molecule has 1 aromatic carbocycles. The Labute approximate surface area is 144 Å². The largest absolute Gasteiger partial charge is 0.337 e. The maximum Gasteiger partial charge on any atom is 0.313 e. The highest BCUT2D eigenvalue weighted by atomic mass is 16.2. The van der Waals surface area contributed by atoms with E-state index in [-0.39, 0.29) is 0 Å². The minimum Gasteiger partial charge on any atom is -0.337 e. The van der Waals surface area contributed by atoms with Crippen molar-refractivity contribution >= 4 is 23.5 Å². The fourth-order valence-corrected chi connectivity index (χ4v) is 2.56. The van der Waals surface area contributed by atoms with Gasteiger partial charge in [-0.1, -0.05) is 6.07 Å². The highest BCUT2D eigenvalue weighted by Gasteiger charge is 2.26. The predicted molar refractivity (Wildman–Crippen MR) is 90.6 cm³/mol. The molecule has 0 saturated carbocycles. The maximum absolute atomic E-state index is 12.3. The highest BCUT2D eigenvalue weighted by Crippen LogP contribution is 2.12. The molecule has 0 spiro atoms. The molecule has 0 aliphatic carbocycles. The van der Waals surface area contributed by atoms with Gasteiger partial charge in [0.15, 0.2) is 0 Å². The molecule has 25 heavy (non-hydrogen) atoms. The topological polar surface area (TPSA) is 102 Å². The SMILES string of the molecule is N#Cc1cccc(NC(=O)C(=O)N2CCN(c3ncccn3)CC2)c1. The van der Waals surface area contributed by atoms with E-state index in [0.29, 0.717) is 43.4 Å². The van der Waals surface area contributed by atoms with Crippen molar-refractivity contribution in [3.05, 3.63) is 48.3 Å². The molecule has 3 rings (SSSR count). The molecule has 1 fully saturated rings. The third-order valence-electron chi connectivity index (χ3n) is 3.85. The molecule has 2 amide bonds. The quantitative estimate of drug-likeness (QED) is 0.807. The van der Waals surface area contributed by atoms with Crippen molar-refractivity contribution in [3.8, 4) is 6.07 Å². The minimum absolute atomic E-state index is 0.418. The molecular formula is C17H16N6O2. The molecule has 8 nitrogen and oxygen atoms in total. The summed E-state index contributed by atoms with van der Waals surface area (Å²) in [5.74, 6) is -0.678. The van der Waals surface area contributed by atoms with Gasteiger partial charge in [-0.25, -0.2) is 9.97 Å². The number of aromatic nitrogens is 2. The van der Waals surface area contributed by atoms with Crippen LogP contribution in [0.3, 0.4) is 0 Å². The number of benzene rings is 1. The fraction of sp³-hybridized carbons (Fsp3) is 0.235. The lowest BCUT2D eigenvalue weighted by atomic mass is 10.2. The molecule has 0 atom stereocenters. The van der Waals surface area contributed by atoms with Gasteiger partial charge in [0.2, 0.25) is 5.95 Å². The van der Waals surface area contributed by atoms with Crippen LogP contribution in [0.1, 0.15) is 5.56 Å². The normalized spacial score (nSPS) is 13.9. The zero-order chi connectivity index (χ0) is 17.6. The van der Waals surface area contributed by atoms with Crippen LogP contribution in [0.4, 0.5) is 11.6 Å². The van der Waals surface area contributed by atoms with Crippen LogP contribution in [0, 0.1) is 11.3 Å². The van der Waals surface area contributed by atoms with Crippen LogP contribution in [0.2, 0.25) is 0 Å². The van der Waals surface area contributed by atoms with E-state index in [1.54, 1.807) is 36.7 Å². The smallest absolute Gasteiger partial charge is 0.313 e. The zero-order valence-electron chi connectivity index (χ0n) is 13.4. The molecule has 1 N–H and O–H groups in total. The number of nitrogens with one attached hydrogen (secondary N) is 1.